The van der Waals surface area contributed by atoms with E-state index in [0.717, 1.165) is 76.0 Å². The van der Waals surface area contributed by atoms with Gasteiger partial charge in [0.25, 0.3) is 0 Å². The molecule has 0 unspecified atom stereocenters. The zero-order valence-corrected chi connectivity index (χ0v) is 34.0. The van der Waals surface area contributed by atoms with Crippen LogP contribution < -0.4 is 22.1 Å². The highest BCUT2D eigenvalue weighted by Crippen LogP contribution is 2.24. The molecule has 2 fully saturated rings. The number of nitrogens with two attached hydrogens (primary N) is 2. The van der Waals surface area contributed by atoms with Crippen LogP contribution >= 0.6 is 0 Å². The number of rotatable bonds is 28. The average Bonchev–Trinajstić information content (AvgIpc) is 3.15. The third-order valence-corrected chi connectivity index (χ3v) is 9.68. The molecule has 10 heteroatoms. The van der Waals surface area contributed by atoms with Crippen LogP contribution in [0.4, 0.5) is 0 Å². The summed E-state index contributed by atoms with van der Waals surface area (Å²) in [5.74, 6) is -0.0802. The molecule has 0 aromatic rings. The number of hydrogen-bond acceptors (Lipinski definition) is 7. The number of hydrogen-bond donors (Lipinski definition) is 7. The maximum absolute atomic E-state index is 10.3. The summed E-state index contributed by atoms with van der Waals surface area (Å²) >= 11 is 0. The molecule has 0 bridgehead atoms. The third-order valence-electron chi connectivity index (χ3n) is 9.68. The van der Waals surface area contributed by atoms with Crippen molar-refractivity contribution in [2.45, 2.75) is 180 Å². The Morgan fingerprint density at radius 2 is 0.849 bits per heavy atom. The van der Waals surface area contributed by atoms with Gasteiger partial charge in [-0.15, -0.1) is 0 Å². The van der Waals surface area contributed by atoms with Crippen molar-refractivity contribution in [1.82, 2.24) is 10.6 Å². The molecule has 2 rings (SSSR count). The minimum Gasteiger partial charge on any atom is -0.481 e. The lowest BCUT2D eigenvalue weighted by atomic mass is 9.87. The Bertz CT molecular complexity index is 818. The van der Waals surface area contributed by atoms with Gasteiger partial charge in [0, 0.05) is 32.4 Å². The molecule has 0 amide bonds. The van der Waals surface area contributed by atoms with E-state index in [9.17, 15) is 14.4 Å². The minimum atomic E-state index is -0.740. The van der Waals surface area contributed by atoms with E-state index in [1.165, 1.54) is 116 Å². The number of nitrogens with one attached hydrogen (secondary N) is 2. The van der Waals surface area contributed by atoms with Crippen molar-refractivity contribution in [2.75, 3.05) is 39.3 Å². The Balaban J connectivity index is 0. The average molecular weight is 753 g/mol. The maximum Gasteiger partial charge on any atom is 0.303 e. The first-order chi connectivity index (χ1) is 25.8. The molecule has 0 aromatic carbocycles. The van der Waals surface area contributed by atoms with Crippen molar-refractivity contribution in [3.8, 4) is 0 Å². The highest BCUT2D eigenvalue weighted by Gasteiger charge is 2.15. The van der Waals surface area contributed by atoms with Crippen LogP contribution in [0.15, 0.2) is 24.3 Å². The molecule has 2 aliphatic rings. The van der Waals surface area contributed by atoms with E-state index in [-0.39, 0.29) is 12.8 Å². The van der Waals surface area contributed by atoms with Gasteiger partial charge in [0.15, 0.2) is 0 Å². The molecule has 2 saturated heterocycles. The van der Waals surface area contributed by atoms with Crippen molar-refractivity contribution in [3.63, 3.8) is 0 Å². The highest BCUT2D eigenvalue weighted by molar-refractivity contribution is 5.67. The molecular weight excluding hydrogens is 668 g/mol. The van der Waals surface area contributed by atoms with E-state index in [0.29, 0.717) is 19.5 Å². The number of carbonyl (C=O) groups is 3. The fraction of sp³-hybridized carbons (Fsp3) is 0.837. The fourth-order valence-electron chi connectivity index (χ4n) is 6.38. The van der Waals surface area contributed by atoms with Gasteiger partial charge in [-0.25, -0.2) is 0 Å². The summed E-state index contributed by atoms with van der Waals surface area (Å²) in [6, 6.07) is 0. The quantitative estimate of drug-likeness (QED) is 0.0300. The van der Waals surface area contributed by atoms with Gasteiger partial charge in [-0.1, -0.05) is 108 Å². The van der Waals surface area contributed by atoms with E-state index < -0.39 is 17.9 Å². The Kier molecular flexibility index (Phi) is 44.0. The Hall–Kier alpha value is -2.27. The second kappa shape index (κ2) is 44.1. The van der Waals surface area contributed by atoms with Crippen molar-refractivity contribution < 1.29 is 29.7 Å². The third kappa shape index (κ3) is 47.7. The van der Waals surface area contributed by atoms with Gasteiger partial charge in [-0.3, -0.25) is 14.4 Å². The van der Waals surface area contributed by atoms with Crippen LogP contribution in [0.3, 0.4) is 0 Å². The summed E-state index contributed by atoms with van der Waals surface area (Å²) in [6.45, 7) is 8.48. The van der Waals surface area contributed by atoms with Crippen LogP contribution in [-0.4, -0.2) is 72.5 Å². The standard InChI is InChI=1S/C18H32O2.C13H26N2.C10H18O4.C2H8N2/c1-2-3-4-5-6-7-8-9-10-11-12-13-14-15-16-17-18(19)20;1(2-12-4-8-14-9-5-12)3-13-6-10-15-11-7-13;11-9(12)7-5-3-1-2-4-6-8-10(13)14;3-1-2-4/h6-7,9-10H,2-5,8,11-17H2,1H3,(H,19,20);12-15H,1-11H2;1-8H2,(H,11,12)(H,13,14);1-4H2/b7-6-,10-9-;;;. The predicted molar refractivity (Wildman–Crippen MR) is 222 cm³/mol. The van der Waals surface area contributed by atoms with Crippen molar-refractivity contribution in [1.29, 1.82) is 0 Å². The zero-order valence-electron chi connectivity index (χ0n) is 34.0. The van der Waals surface area contributed by atoms with Crippen LogP contribution in [0.2, 0.25) is 0 Å². The Morgan fingerprint density at radius 3 is 1.19 bits per heavy atom. The van der Waals surface area contributed by atoms with Crippen LogP contribution in [0.25, 0.3) is 0 Å². The molecular formula is C43H84N4O6. The molecule has 0 saturated carbocycles. The lowest BCUT2D eigenvalue weighted by Gasteiger charge is -2.25. The summed E-state index contributed by atoms with van der Waals surface area (Å²) < 4.78 is 0. The fourth-order valence-corrected chi connectivity index (χ4v) is 6.38. The summed E-state index contributed by atoms with van der Waals surface area (Å²) in [6.07, 6.45) is 38.3. The van der Waals surface area contributed by atoms with Crippen LogP contribution in [0, 0.1) is 11.8 Å². The molecule has 312 valence electrons. The summed E-state index contributed by atoms with van der Waals surface area (Å²) in [5.41, 5.74) is 9.81. The van der Waals surface area contributed by atoms with E-state index in [1.54, 1.807) is 0 Å². The molecule has 10 nitrogen and oxygen atoms in total. The largest absolute Gasteiger partial charge is 0.481 e. The highest BCUT2D eigenvalue weighted by atomic mass is 16.4. The van der Waals surface area contributed by atoms with Gasteiger partial charge in [0.05, 0.1) is 0 Å². The number of carboxylic acids is 3. The number of carboxylic acid groups (broad SMARTS) is 3. The lowest BCUT2D eigenvalue weighted by molar-refractivity contribution is -0.138. The Labute approximate surface area is 324 Å². The van der Waals surface area contributed by atoms with Gasteiger partial charge in [0.2, 0.25) is 0 Å². The second-order valence-electron chi connectivity index (χ2n) is 14.7. The first-order valence-corrected chi connectivity index (χ1v) is 21.5. The SMILES string of the molecule is C(CC1CCNCC1)CC1CCNCC1.CCCCC/C=C\C/C=C\CCCCCCCC(=O)O.NCCN.O=C(O)CCCCCCCCC(=O)O. The first-order valence-electron chi connectivity index (χ1n) is 21.5. The summed E-state index contributed by atoms with van der Waals surface area (Å²) in [7, 11) is 0. The molecule has 53 heavy (non-hydrogen) atoms. The van der Waals surface area contributed by atoms with Crippen LogP contribution in [0.1, 0.15) is 180 Å². The summed E-state index contributed by atoms with van der Waals surface area (Å²) in [4.78, 5) is 30.6. The van der Waals surface area contributed by atoms with Crippen molar-refractivity contribution in [2.24, 2.45) is 23.3 Å². The second-order valence-corrected chi connectivity index (χ2v) is 14.7. The van der Waals surface area contributed by atoms with Gasteiger partial charge in [-0.2, -0.15) is 0 Å². The number of unbranched alkanes of at least 4 members (excludes halogenated alkanes) is 13. The molecule has 0 radical (unpaired) electrons. The van der Waals surface area contributed by atoms with Gasteiger partial charge in [-0.05, 0) is 115 Å². The van der Waals surface area contributed by atoms with E-state index in [2.05, 4.69) is 41.9 Å². The predicted octanol–water partition coefficient (Wildman–Crippen LogP) is 9.22. The van der Waals surface area contributed by atoms with Gasteiger partial charge >= 0.3 is 17.9 Å². The molecule has 2 heterocycles. The summed E-state index contributed by atoms with van der Waals surface area (Å²) in [5, 5.41) is 32.1. The monoisotopic (exact) mass is 753 g/mol. The number of allylic oxidation sites excluding steroid dienone is 4. The smallest absolute Gasteiger partial charge is 0.303 e. The van der Waals surface area contributed by atoms with Crippen molar-refractivity contribution in [3.05, 3.63) is 24.3 Å². The maximum atomic E-state index is 10.3. The van der Waals surface area contributed by atoms with E-state index >= 15 is 0 Å². The molecule has 0 aliphatic carbocycles. The van der Waals surface area contributed by atoms with Crippen molar-refractivity contribution >= 4 is 17.9 Å². The first kappa shape index (κ1) is 52.8. The van der Waals surface area contributed by atoms with Gasteiger partial charge in [0.1, 0.15) is 0 Å². The lowest BCUT2D eigenvalue weighted by Crippen LogP contribution is -2.29. The minimum absolute atomic E-state index is 0.245. The number of aliphatic carboxylic acids is 3. The topological polar surface area (TPSA) is 188 Å². The molecule has 0 atom stereocenters. The normalized spacial score (nSPS) is 14.8. The molecule has 2 aliphatic heterocycles. The zero-order chi connectivity index (χ0) is 39.5. The Morgan fingerprint density at radius 1 is 0.509 bits per heavy atom. The van der Waals surface area contributed by atoms with E-state index in [1.807, 2.05) is 0 Å². The molecule has 9 N–H and O–H groups in total. The molecule has 0 spiro atoms. The van der Waals surface area contributed by atoms with E-state index in [4.69, 9.17) is 26.8 Å². The number of piperidine rings is 2. The van der Waals surface area contributed by atoms with Crippen LogP contribution in [-0.2, 0) is 14.4 Å². The van der Waals surface area contributed by atoms with Crippen LogP contribution in [0.5, 0.6) is 0 Å². The molecule has 0 aromatic heterocycles. The van der Waals surface area contributed by atoms with Gasteiger partial charge < -0.3 is 37.4 Å².